The maximum atomic E-state index is 14.0. The number of amides is 4. The number of Topliss-reactive ketones (excluding diaryl/α,β-unsaturated/α-hetero) is 3. The number of ketones is 3. The zero-order valence-electron chi connectivity index (χ0n) is 81.5. The number of carbonyl (C=O) groups is 14. The Morgan fingerprint density at radius 2 is 1.06 bits per heavy atom. The number of nitrogens with zero attached hydrogens (tertiary/aromatic N) is 3. The lowest BCUT2D eigenvalue weighted by molar-refractivity contribution is -0.201. The minimum absolute atomic E-state index is 0.0280. The first-order chi connectivity index (χ1) is 67.2. The standard InChI is InChI=1S/C38H53N3O10.C24H39N3O10P2.C23H25N3O2.C18H21NO3/c1-5-22(8-6-7-18-39-2)36(47)40-26(12-16-32(45)46)28(42)21-24(10-15-31(43)44)37(48)50-30-14-11-25-27-20-23-9-13-29(49-4)34-33(23)38(25,35(30)51-34)17-19-41(27)3;1-3-15(6-4-5-13-25-2)23(33)26-17(8-12-22(32)37-39)18(28)14-16(7-11-21(31)36-38)24(34)35-27-19(29)9-10-20(27)30;24-13-3-1-2-4-16-5-7-17(8-6-16)23(27)28-21-12-11-18-14-20(22(25)26)10-9-19(18)15-21;1-19-8-7-18-11-4-5-13(20)17(18)22-16-14(21-2)6-3-10(15(16)18)9-12(11)19/h9,13-14,22,24-27,35,39H,5-8,10-12,15-21H2,1-4H3,(H,40,47)(H,43,44)(H,45,46);15-17,25H,3-14,38-39H2,1-2H3,(H,26,33);5-12,14-15H,1-4,13,24H2,(H3,25,26);3,6,11-12,17H,4-5,7-9H2,1-2H3/t22-,24?,25-,26?,27+,35-,38-;15-,16?,17?;;11-,12+,17-,18-/m00.0/s1. The van der Waals surface area contributed by atoms with Crippen LogP contribution in [0.4, 0.5) is 0 Å². The Labute approximate surface area is 821 Å². The van der Waals surface area contributed by atoms with Crippen molar-refractivity contribution in [3.63, 3.8) is 0 Å². The van der Waals surface area contributed by atoms with Gasteiger partial charge in [0.05, 0.1) is 62.6 Å². The molecule has 760 valence electrons. The lowest BCUT2D eigenvalue weighted by atomic mass is 9.52. The van der Waals surface area contributed by atoms with Gasteiger partial charge in [-0.1, -0.05) is 75.6 Å². The van der Waals surface area contributed by atoms with E-state index in [9.17, 15) is 77.3 Å². The highest BCUT2D eigenvalue weighted by Crippen LogP contribution is 2.65. The zero-order chi connectivity index (χ0) is 101. The SMILES string of the molecule is CC[C@@H](CCCCNC)C(=O)NC(CCC(=O)O)C(=O)CC(CCC(=O)O)C(=O)OC1=CC[C@H]2[C@H]3Cc4ccc(OC)c5c4[C@@]2(CCN3C)[C@H]1O5.CC[C@@H](CCCCNC)C(=O)NC(CCC(=O)OP)C(=O)CC(CCC(=O)OP)C(=O)ON1C(=O)CCC1=O.COc1ccc2c3c1O[C@H]1C(=O)CC[C@H]4[C@@H](C2)N(C)CC[C@]314.N=C(N)c1ccc2cc(OC(=O)c3ccc(CCCCCN)cc3)ccc2c1. The number of carbonyl (C=O) groups excluding carboxylic acids is 12. The number of esters is 2. The number of aryl methyl sites for hydroxylation is 1. The first-order valence-electron chi connectivity index (χ1n) is 49.0. The van der Waals surface area contributed by atoms with E-state index >= 15 is 0 Å². The molecule has 9 aliphatic rings. The van der Waals surface area contributed by atoms with E-state index in [0.29, 0.717) is 89.7 Å². The minimum Gasteiger partial charge on any atom is -0.493 e. The van der Waals surface area contributed by atoms with Crippen molar-refractivity contribution in [1.29, 1.82) is 5.41 Å². The number of amidine groups is 1. The summed E-state index contributed by atoms with van der Waals surface area (Å²) >= 11 is 0. The van der Waals surface area contributed by atoms with E-state index in [-0.39, 0.29) is 129 Å². The van der Waals surface area contributed by atoms with E-state index in [2.05, 4.69) is 66.3 Å². The average molecular weight is 1980 g/mol. The minimum atomic E-state index is -1.22. The van der Waals surface area contributed by atoms with E-state index in [4.69, 9.17) is 50.1 Å². The number of nitrogen functional groups attached to an aromatic ring is 1. The summed E-state index contributed by atoms with van der Waals surface area (Å²) in [5.41, 5.74) is 17.9. The normalized spacial score (nSPS) is 21.4. The Bertz CT molecular complexity index is 5350. The number of piperidine rings is 2. The summed E-state index contributed by atoms with van der Waals surface area (Å²) in [5.74, 6) is -7.15. The predicted octanol–water partition coefficient (Wildman–Crippen LogP) is 10.9. The molecule has 37 heteroatoms. The van der Waals surface area contributed by atoms with Gasteiger partial charge in [0.2, 0.25) is 11.8 Å². The molecule has 140 heavy (non-hydrogen) atoms. The van der Waals surface area contributed by atoms with Gasteiger partial charge in [-0.25, -0.2) is 9.59 Å². The van der Waals surface area contributed by atoms with Crippen LogP contribution in [0, 0.1) is 40.9 Å². The number of likely N-dealkylation sites (N-methyl/N-ethyl adjacent to an activating group) is 2. The molecule has 5 heterocycles. The topological polar surface area (TPSA) is 496 Å². The Hall–Kier alpha value is -11.2. The number of hydroxylamine groups is 2. The molecule has 11 N–H and O–H groups in total. The van der Waals surface area contributed by atoms with Crippen LogP contribution in [-0.4, -0.2) is 225 Å². The largest absolute Gasteiger partial charge is 0.493 e. The average Bonchev–Trinajstić information content (AvgIpc) is 1.51. The summed E-state index contributed by atoms with van der Waals surface area (Å²) in [4.78, 5) is 185. The Morgan fingerprint density at radius 1 is 0.564 bits per heavy atom. The molecular formula is C103H138N10O25P2. The summed E-state index contributed by atoms with van der Waals surface area (Å²) in [6.07, 6.45) is 14.2. The third kappa shape index (κ3) is 26.4. The Balaban J connectivity index is 0.000000187. The summed E-state index contributed by atoms with van der Waals surface area (Å²) in [6.45, 7) is 8.00. The number of methoxy groups -OCH3 is 2. The number of allylic oxidation sites excluding steroid dienone is 1. The maximum Gasteiger partial charge on any atom is 0.343 e. The molecule has 5 aromatic carbocycles. The lowest BCUT2D eigenvalue weighted by Crippen LogP contribution is -2.65. The fourth-order valence-corrected chi connectivity index (χ4v) is 21.8. The molecule has 5 aliphatic heterocycles. The van der Waals surface area contributed by atoms with Crippen LogP contribution in [0.15, 0.2) is 96.8 Å². The highest BCUT2D eigenvalue weighted by molar-refractivity contribution is 7.11. The molecule has 35 nitrogen and oxygen atoms in total. The lowest BCUT2D eigenvalue weighted by Gasteiger charge is -2.57. The molecule has 6 unspecified atom stereocenters. The second kappa shape index (κ2) is 51.5. The van der Waals surface area contributed by atoms with Gasteiger partial charge in [-0.3, -0.25) is 62.9 Å². The van der Waals surface area contributed by atoms with Crippen molar-refractivity contribution in [1.82, 2.24) is 36.1 Å². The van der Waals surface area contributed by atoms with Crippen LogP contribution in [0.25, 0.3) is 10.8 Å². The van der Waals surface area contributed by atoms with Crippen molar-refractivity contribution in [2.45, 2.75) is 260 Å². The molecule has 0 radical (unpaired) electrons. The third-order valence-corrected chi connectivity index (χ3v) is 29.8. The van der Waals surface area contributed by atoms with E-state index < -0.39 is 107 Å². The van der Waals surface area contributed by atoms with Crippen LogP contribution in [-0.2, 0) is 111 Å². The van der Waals surface area contributed by atoms with Gasteiger partial charge in [-0.05, 0) is 271 Å². The number of ether oxygens (including phenoxy) is 6. The van der Waals surface area contributed by atoms with E-state index in [0.717, 1.165) is 144 Å². The van der Waals surface area contributed by atoms with Crippen molar-refractivity contribution in [3.8, 4) is 28.7 Å². The second-order valence-corrected chi connectivity index (χ2v) is 38.3. The van der Waals surface area contributed by atoms with E-state index in [1.54, 1.807) is 48.0 Å². The maximum absolute atomic E-state index is 14.0. The van der Waals surface area contributed by atoms with Gasteiger partial charge in [0.15, 0.2) is 52.6 Å². The Kier molecular flexibility index (Phi) is 40.2. The monoisotopic (exact) mass is 1980 g/mol. The molecule has 2 spiro atoms. The van der Waals surface area contributed by atoms with Crippen LogP contribution in [0.2, 0.25) is 0 Å². The fourth-order valence-electron chi connectivity index (χ4n) is 21.6. The number of imide groups is 1. The molecule has 14 rings (SSSR count). The Morgan fingerprint density at radius 3 is 1.59 bits per heavy atom. The van der Waals surface area contributed by atoms with Gasteiger partial charge in [-0.15, -0.1) is 5.06 Å². The van der Waals surface area contributed by atoms with Crippen LogP contribution >= 0.6 is 18.9 Å². The number of carboxylic acid groups (broad SMARTS) is 2. The number of aliphatic carboxylic acids is 2. The third-order valence-electron chi connectivity index (χ3n) is 29.2. The molecule has 4 fully saturated rings. The first-order valence-corrected chi connectivity index (χ1v) is 49.9. The van der Waals surface area contributed by atoms with Gasteiger partial charge >= 0.3 is 41.8 Å². The van der Waals surface area contributed by atoms with Crippen molar-refractivity contribution in [3.05, 3.63) is 136 Å². The highest BCUT2D eigenvalue weighted by Gasteiger charge is 2.67. The number of hydrogen-bond donors (Lipinski definition) is 9. The molecule has 16 atom stereocenters. The highest BCUT2D eigenvalue weighted by atomic mass is 31.0. The van der Waals surface area contributed by atoms with Crippen LogP contribution in [0.5, 0.6) is 28.7 Å². The van der Waals surface area contributed by atoms with Gasteiger partial charge in [-0.2, -0.15) is 0 Å². The summed E-state index contributed by atoms with van der Waals surface area (Å²) in [7, 11) is 14.9. The van der Waals surface area contributed by atoms with Gasteiger partial charge in [0.1, 0.15) is 17.3 Å². The number of fused-ring (bicyclic) bond motifs is 1. The molecule has 4 amide bonds. The van der Waals surface area contributed by atoms with Gasteiger partial charge < -0.3 is 95.1 Å². The van der Waals surface area contributed by atoms with Crippen LogP contribution in [0.3, 0.4) is 0 Å². The molecule has 1 saturated carbocycles. The van der Waals surface area contributed by atoms with Crippen molar-refractivity contribution in [2.75, 3.05) is 75.1 Å². The smallest absolute Gasteiger partial charge is 0.343 e. The molecule has 4 aliphatic carbocycles. The van der Waals surface area contributed by atoms with Crippen molar-refractivity contribution in [2.24, 2.45) is 47.0 Å². The zero-order valence-corrected chi connectivity index (χ0v) is 83.8. The quantitative estimate of drug-likeness (QED) is 0.00332. The summed E-state index contributed by atoms with van der Waals surface area (Å²) in [5, 5.41) is 40.2. The van der Waals surface area contributed by atoms with Gasteiger partial charge in [0.25, 0.3) is 11.8 Å². The number of rotatable bonds is 48. The summed E-state index contributed by atoms with van der Waals surface area (Å²) in [6, 6.07) is 25.2. The van der Waals surface area contributed by atoms with Crippen LogP contribution < -0.4 is 56.4 Å². The number of benzene rings is 5. The number of hydrogen-bond acceptors (Lipinski definition) is 29. The first kappa shape index (κ1) is 109. The molecule has 0 aromatic heterocycles. The van der Waals surface area contributed by atoms with E-state index in [1.165, 1.54) is 22.3 Å². The van der Waals surface area contributed by atoms with E-state index in [1.807, 2.05) is 92.0 Å². The predicted molar refractivity (Wildman–Crippen MR) is 525 cm³/mol. The number of nitrogens with two attached hydrogens (primary N) is 2. The van der Waals surface area contributed by atoms with Gasteiger partial charge in [0, 0.05) is 109 Å². The summed E-state index contributed by atoms with van der Waals surface area (Å²) < 4.78 is 44.9. The number of unbranched alkanes of at least 4 members (excludes halogenated alkanes) is 4. The second-order valence-electron chi connectivity index (χ2n) is 37.8. The number of nitrogens with one attached hydrogen (secondary N) is 5. The molecular weight excluding hydrogens is 1840 g/mol. The molecule has 4 bridgehead atoms. The van der Waals surface area contributed by atoms with Crippen molar-refractivity contribution < 1.29 is 120 Å². The molecule has 5 aromatic rings. The van der Waals surface area contributed by atoms with Crippen molar-refractivity contribution >= 4 is 118 Å². The molecule has 3 saturated heterocycles. The number of carboxylic acids is 2. The fraction of sp³-hybridized carbons (Fsp3) is 0.563. The number of likely N-dealkylation sites (tertiary alicyclic amines) is 2. The van der Waals surface area contributed by atoms with Crippen LogP contribution in [0.1, 0.15) is 237 Å².